The van der Waals surface area contributed by atoms with E-state index in [0.717, 1.165) is 25.7 Å². The van der Waals surface area contributed by atoms with E-state index in [4.69, 9.17) is 0 Å². The van der Waals surface area contributed by atoms with Crippen LogP contribution in [0.2, 0.25) is 0 Å². The molecular formula is C14H15N3O2. The lowest BCUT2D eigenvalue weighted by molar-refractivity contribution is 0.0595. The standard InChI is InChI=1S/C14H15N3O2/c18-14(17-10-2-1-3-11(17)6-5-10)9-4-7-12-13(8-9)16-19-15-12/h4,7-8,10-11H,1-3,5-6H2. The zero-order valence-corrected chi connectivity index (χ0v) is 10.6. The van der Waals surface area contributed by atoms with Gasteiger partial charge < -0.3 is 4.90 Å². The molecule has 0 N–H and O–H groups in total. The minimum Gasteiger partial charge on any atom is -0.333 e. The molecule has 19 heavy (non-hydrogen) atoms. The smallest absolute Gasteiger partial charge is 0.254 e. The second-order valence-electron chi connectivity index (χ2n) is 5.50. The molecule has 2 aliphatic rings. The summed E-state index contributed by atoms with van der Waals surface area (Å²) >= 11 is 0. The molecule has 0 spiro atoms. The monoisotopic (exact) mass is 257 g/mol. The van der Waals surface area contributed by atoms with Gasteiger partial charge in [0.1, 0.15) is 11.0 Å². The van der Waals surface area contributed by atoms with E-state index in [-0.39, 0.29) is 5.91 Å². The number of carbonyl (C=O) groups excluding carboxylic acids is 1. The summed E-state index contributed by atoms with van der Waals surface area (Å²) in [7, 11) is 0. The summed E-state index contributed by atoms with van der Waals surface area (Å²) < 4.78 is 4.67. The Morgan fingerprint density at radius 3 is 2.63 bits per heavy atom. The topological polar surface area (TPSA) is 59.2 Å². The molecule has 0 saturated carbocycles. The third-order valence-electron chi connectivity index (χ3n) is 4.43. The maximum absolute atomic E-state index is 12.7. The summed E-state index contributed by atoms with van der Waals surface area (Å²) in [4.78, 5) is 14.8. The summed E-state index contributed by atoms with van der Waals surface area (Å²) in [5.41, 5.74) is 2.04. The highest BCUT2D eigenvalue weighted by Gasteiger charge is 2.39. The first-order valence-corrected chi connectivity index (χ1v) is 6.88. The number of hydrogen-bond acceptors (Lipinski definition) is 4. The Kier molecular flexibility index (Phi) is 2.33. The molecule has 2 unspecified atom stereocenters. The first-order valence-electron chi connectivity index (χ1n) is 6.88. The van der Waals surface area contributed by atoms with Crippen molar-refractivity contribution in [2.75, 3.05) is 0 Å². The predicted octanol–water partition coefficient (Wildman–Crippen LogP) is 2.38. The Labute approximate surface area is 110 Å². The van der Waals surface area contributed by atoms with Gasteiger partial charge in [-0.25, -0.2) is 4.63 Å². The van der Waals surface area contributed by atoms with Crippen molar-refractivity contribution in [1.29, 1.82) is 0 Å². The molecule has 1 aromatic carbocycles. The zero-order chi connectivity index (χ0) is 12.8. The fourth-order valence-electron chi connectivity index (χ4n) is 3.51. The van der Waals surface area contributed by atoms with E-state index in [0.29, 0.717) is 28.7 Å². The molecule has 1 amide bonds. The molecule has 2 fully saturated rings. The lowest BCUT2D eigenvalue weighted by Crippen LogP contribution is -2.43. The van der Waals surface area contributed by atoms with Crippen LogP contribution in [0.1, 0.15) is 42.5 Å². The van der Waals surface area contributed by atoms with Gasteiger partial charge in [-0.3, -0.25) is 4.79 Å². The van der Waals surface area contributed by atoms with Crippen LogP contribution in [0.5, 0.6) is 0 Å². The van der Waals surface area contributed by atoms with Gasteiger partial charge in [-0.15, -0.1) is 0 Å². The van der Waals surface area contributed by atoms with Crippen LogP contribution in [0.25, 0.3) is 11.0 Å². The van der Waals surface area contributed by atoms with Gasteiger partial charge in [-0.2, -0.15) is 0 Å². The summed E-state index contributed by atoms with van der Waals surface area (Å²) in [6, 6.07) is 6.28. The van der Waals surface area contributed by atoms with Gasteiger partial charge in [0.05, 0.1) is 0 Å². The molecule has 2 saturated heterocycles. The second kappa shape index (κ2) is 4.05. The first kappa shape index (κ1) is 11.0. The largest absolute Gasteiger partial charge is 0.333 e. The third-order valence-corrected chi connectivity index (χ3v) is 4.43. The summed E-state index contributed by atoms with van der Waals surface area (Å²) in [6.07, 6.45) is 5.87. The molecule has 0 aliphatic carbocycles. The van der Waals surface area contributed by atoms with E-state index in [1.165, 1.54) is 6.42 Å². The fraction of sp³-hybridized carbons (Fsp3) is 0.500. The normalized spacial score (nSPS) is 26.0. The molecule has 0 radical (unpaired) electrons. The number of benzene rings is 1. The zero-order valence-electron chi connectivity index (χ0n) is 10.6. The highest BCUT2D eigenvalue weighted by Crippen LogP contribution is 2.36. The maximum Gasteiger partial charge on any atom is 0.254 e. The molecule has 2 atom stereocenters. The van der Waals surface area contributed by atoms with Crippen LogP contribution in [0.4, 0.5) is 0 Å². The SMILES string of the molecule is O=C(c1ccc2nonc2c1)N1C2CCCC1CC2. The van der Waals surface area contributed by atoms with Crippen molar-refractivity contribution in [1.82, 2.24) is 15.2 Å². The average molecular weight is 257 g/mol. The molecule has 3 heterocycles. The molecule has 1 aromatic heterocycles. The molecule has 4 rings (SSSR count). The van der Waals surface area contributed by atoms with E-state index in [1.807, 2.05) is 6.07 Å². The van der Waals surface area contributed by atoms with Gasteiger partial charge in [0.15, 0.2) is 0 Å². The highest BCUT2D eigenvalue weighted by atomic mass is 16.6. The number of fused-ring (bicyclic) bond motifs is 3. The summed E-state index contributed by atoms with van der Waals surface area (Å²) in [6.45, 7) is 0. The van der Waals surface area contributed by atoms with Gasteiger partial charge in [-0.1, -0.05) is 0 Å². The van der Waals surface area contributed by atoms with Gasteiger partial charge in [0, 0.05) is 17.6 Å². The number of piperidine rings is 1. The van der Waals surface area contributed by atoms with Gasteiger partial charge in [0.25, 0.3) is 5.91 Å². The molecule has 5 nitrogen and oxygen atoms in total. The van der Waals surface area contributed by atoms with E-state index < -0.39 is 0 Å². The Morgan fingerprint density at radius 2 is 1.84 bits per heavy atom. The Hall–Kier alpha value is -1.91. The van der Waals surface area contributed by atoms with Gasteiger partial charge >= 0.3 is 0 Å². The van der Waals surface area contributed by atoms with Gasteiger partial charge in [-0.05, 0) is 60.6 Å². The van der Waals surface area contributed by atoms with Crippen LogP contribution in [-0.4, -0.2) is 33.2 Å². The minimum absolute atomic E-state index is 0.136. The number of carbonyl (C=O) groups is 1. The number of hydrogen-bond donors (Lipinski definition) is 0. The van der Waals surface area contributed by atoms with Crippen molar-refractivity contribution in [2.24, 2.45) is 0 Å². The van der Waals surface area contributed by atoms with Crippen molar-refractivity contribution < 1.29 is 9.42 Å². The number of aromatic nitrogens is 2. The van der Waals surface area contributed by atoms with Crippen molar-refractivity contribution in [3.8, 4) is 0 Å². The quantitative estimate of drug-likeness (QED) is 0.787. The van der Waals surface area contributed by atoms with E-state index >= 15 is 0 Å². The van der Waals surface area contributed by atoms with E-state index in [2.05, 4.69) is 19.8 Å². The molecule has 2 aromatic rings. The van der Waals surface area contributed by atoms with Crippen LogP contribution in [0.3, 0.4) is 0 Å². The lowest BCUT2D eigenvalue weighted by Gasteiger charge is -2.34. The minimum atomic E-state index is 0.136. The first-order chi connectivity index (χ1) is 9.33. The Bertz CT molecular complexity index is 620. The summed E-state index contributed by atoms with van der Waals surface area (Å²) in [5, 5.41) is 7.57. The molecule has 98 valence electrons. The van der Waals surface area contributed by atoms with Crippen molar-refractivity contribution in [3.05, 3.63) is 23.8 Å². The number of nitrogens with zero attached hydrogens (tertiary/aromatic N) is 3. The molecule has 2 aliphatic heterocycles. The van der Waals surface area contributed by atoms with Crippen LogP contribution in [0, 0.1) is 0 Å². The molecular weight excluding hydrogens is 242 g/mol. The van der Waals surface area contributed by atoms with Crippen LogP contribution in [0.15, 0.2) is 22.8 Å². The van der Waals surface area contributed by atoms with Crippen molar-refractivity contribution >= 4 is 16.9 Å². The van der Waals surface area contributed by atoms with Crippen LogP contribution < -0.4 is 0 Å². The average Bonchev–Trinajstić information content (AvgIpc) is 2.99. The van der Waals surface area contributed by atoms with Crippen molar-refractivity contribution in [2.45, 2.75) is 44.2 Å². The molecule has 2 bridgehead atoms. The van der Waals surface area contributed by atoms with Crippen molar-refractivity contribution in [3.63, 3.8) is 0 Å². The van der Waals surface area contributed by atoms with Crippen LogP contribution in [-0.2, 0) is 0 Å². The second-order valence-corrected chi connectivity index (χ2v) is 5.50. The maximum atomic E-state index is 12.7. The van der Waals surface area contributed by atoms with E-state index in [1.54, 1.807) is 12.1 Å². The Morgan fingerprint density at radius 1 is 1.11 bits per heavy atom. The third kappa shape index (κ3) is 1.64. The Balaban J connectivity index is 1.69. The van der Waals surface area contributed by atoms with E-state index in [9.17, 15) is 4.79 Å². The fourth-order valence-corrected chi connectivity index (χ4v) is 3.51. The van der Waals surface area contributed by atoms with Crippen LogP contribution >= 0.6 is 0 Å². The van der Waals surface area contributed by atoms with Gasteiger partial charge in [0.2, 0.25) is 0 Å². The number of rotatable bonds is 1. The lowest BCUT2D eigenvalue weighted by atomic mass is 10.0. The highest BCUT2D eigenvalue weighted by molar-refractivity contribution is 5.97. The number of amides is 1. The molecule has 5 heteroatoms. The summed E-state index contributed by atoms with van der Waals surface area (Å²) in [5.74, 6) is 0.136. The predicted molar refractivity (Wildman–Crippen MR) is 68.6 cm³/mol.